The summed E-state index contributed by atoms with van der Waals surface area (Å²) >= 11 is 6.47. The molecule has 11 nitrogen and oxygen atoms in total. The van der Waals surface area contributed by atoms with Gasteiger partial charge in [-0.05, 0) is 30.5 Å². The first-order chi connectivity index (χ1) is 18.2. The van der Waals surface area contributed by atoms with Crippen molar-refractivity contribution in [2.45, 2.75) is 84.5 Å². The molecule has 1 heterocycles. The Morgan fingerprint density at radius 3 is 2.00 bits per heavy atom. The standard InChI is InChI=1S/C26H42ClN9O2/c1-3-5-6-7-8-9-10-11-12-13-16-32-21-17-18(14-15-19(21)27)22-20(4-2)33-26(36(31)25(29)38)34-23(22)35(30)24(28)37/h14-15,17,32H,3-13,16,30-31H2,1-2H3,(H2,28,37)(H2,29,38). The van der Waals surface area contributed by atoms with E-state index in [-0.39, 0.29) is 11.8 Å². The average molecular weight is 548 g/mol. The van der Waals surface area contributed by atoms with Crippen molar-refractivity contribution in [2.75, 3.05) is 21.9 Å². The first-order valence-corrected chi connectivity index (χ1v) is 13.7. The van der Waals surface area contributed by atoms with Crippen LogP contribution in [0.5, 0.6) is 0 Å². The molecule has 210 valence electrons. The van der Waals surface area contributed by atoms with Crippen molar-refractivity contribution in [1.29, 1.82) is 0 Å². The van der Waals surface area contributed by atoms with Crippen LogP contribution in [0.2, 0.25) is 5.02 Å². The molecule has 2 aromatic rings. The van der Waals surface area contributed by atoms with Crippen LogP contribution in [0.1, 0.15) is 83.7 Å². The fourth-order valence-electron chi connectivity index (χ4n) is 4.17. The number of carbonyl (C=O) groups excluding carboxylic acids is 2. The zero-order chi connectivity index (χ0) is 28.1. The number of aryl methyl sites for hydroxylation is 1. The number of primary amides is 2. The number of nitrogens with one attached hydrogen (secondary N) is 1. The van der Waals surface area contributed by atoms with Crippen LogP contribution < -0.4 is 38.5 Å². The van der Waals surface area contributed by atoms with Gasteiger partial charge in [0.15, 0.2) is 5.82 Å². The zero-order valence-corrected chi connectivity index (χ0v) is 23.3. The van der Waals surface area contributed by atoms with Crippen molar-refractivity contribution in [1.82, 2.24) is 9.97 Å². The van der Waals surface area contributed by atoms with Gasteiger partial charge in [0.2, 0.25) is 0 Å². The van der Waals surface area contributed by atoms with Gasteiger partial charge in [0.25, 0.3) is 5.95 Å². The Morgan fingerprint density at radius 2 is 1.45 bits per heavy atom. The summed E-state index contributed by atoms with van der Waals surface area (Å²) in [5, 5.41) is 5.21. The van der Waals surface area contributed by atoms with Gasteiger partial charge < -0.3 is 16.8 Å². The lowest BCUT2D eigenvalue weighted by molar-refractivity contribution is 0.253. The molecule has 0 fully saturated rings. The van der Waals surface area contributed by atoms with E-state index in [9.17, 15) is 9.59 Å². The molecule has 0 saturated carbocycles. The lowest BCUT2D eigenvalue weighted by Crippen LogP contribution is -2.45. The fraction of sp³-hybridized carbons (Fsp3) is 0.538. The maximum absolute atomic E-state index is 11.9. The summed E-state index contributed by atoms with van der Waals surface area (Å²) in [7, 11) is 0. The topological polar surface area (TPSA) is 183 Å². The normalized spacial score (nSPS) is 10.9. The molecule has 1 aromatic heterocycles. The molecule has 0 unspecified atom stereocenters. The number of hydrazine groups is 2. The lowest BCUT2D eigenvalue weighted by atomic mass is 10.0. The van der Waals surface area contributed by atoms with E-state index in [4.69, 9.17) is 34.8 Å². The Balaban J connectivity index is 2.15. The van der Waals surface area contributed by atoms with Crippen LogP contribution in [0.25, 0.3) is 11.1 Å². The first-order valence-electron chi connectivity index (χ1n) is 13.3. The number of hydrogen-bond acceptors (Lipinski definition) is 7. The number of urea groups is 2. The first kappa shape index (κ1) is 31.1. The monoisotopic (exact) mass is 547 g/mol. The summed E-state index contributed by atoms with van der Waals surface area (Å²) in [5.41, 5.74) is 13.1. The predicted molar refractivity (Wildman–Crippen MR) is 155 cm³/mol. The second-order valence-electron chi connectivity index (χ2n) is 9.24. The highest BCUT2D eigenvalue weighted by Crippen LogP contribution is 2.36. The van der Waals surface area contributed by atoms with Crippen molar-refractivity contribution in [3.8, 4) is 11.1 Å². The van der Waals surface area contributed by atoms with Crippen molar-refractivity contribution >= 4 is 41.1 Å². The molecule has 38 heavy (non-hydrogen) atoms. The molecule has 0 radical (unpaired) electrons. The predicted octanol–water partition coefficient (Wildman–Crippen LogP) is 5.21. The Hall–Kier alpha value is -3.15. The number of halogens is 1. The minimum Gasteiger partial charge on any atom is -0.384 e. The van der Waals surface area contributed by atoms with Gasteiger partial charge in [-0.15, -0.1) is 0 Å². The number of aromatic nitrogens is 2. The van der Waals surface area contributed by atoms with Gasteiger partial charge in [0.1, 0.15) is 0 Å². The van der Waals surface area contributed by atoms with Crippen LogP contribution in [0.4, 0.5) is 27.0 Å². The number of anilines is 3. The van der Waals surface area contributed by atoms with Crippen LogP contribution in [0.3, 0.4) is 0 Å². The van der Waals surface area contributed by atoms with Crippen molar-refractivity contribution < 1.29 is 9.59 Å². The lowest BCUT2D eigenvalue weighted by Gasteiger charge is -2.22. The fourth-order valence-corrected chi connectivity index (χ4v) is 4.35. The van der Waals surface area contributed by atoms with Crippen LogP contribution >= 0.6 is 11.6 Å². The van der Waals surface area contributed by atoms with Crippen molar-refractivity contribution in [3.05, 3.63) is 28.9 Å². The van der Waals surface area contributed by atoms with E-state index in [0.717, 1.165) is 25.1 Å². The quantitative estimate of drug-likeness (QED) is 0.0826. The highest BCUT2D eigenvalue weighted by molar-refractivity contribution is 6.33. The minimum absolute atomic E-state index is 0.0148. The van der Waals surface area contributed by atoms with Gasteiger partial charge in [0, 0.05) is 12.1 Å². The van der Waals surface area contributed by atoms with Crippen molar-refractivity contribution in [3.63, 3.8) is 0 Å². The highest BCUT2D eigenvalue weighted by Gasteiger charge is 2.24. The molecule has 0 aliphatic rings. The number of unbranched alkanes of at least 4 members (excludes halogenated alkanes) is 9. The summed E-state index contributed by atoms with van der Waals surface area (Å²) in [6.45, 7) is 4.87. The van der Waals surface area contributed by atoms with Gasteiger partial charge in [0.05, 0.1) is 16.4 Å². The number of benzene rings is 1. The molecule has 0 aliphatic carbocycles. The van der Waals surface area contributed by atoms with Crippen molar-refractivity contribution in [2.24, 2.45) is 23.2 Å². The minimum atomic E-state index is -0.974. The Labute approximate surface area is 230 Å². The van der Waals surface area contributed by atoms with Gasteiger partial charge in [-0.1, -0.05) is 89.3 Å². The number of hydrogen-bond donors (Lipinski definition) is 5. The molecule has 9 N–H and O–H groups in total. The molecule has 0 saturated heterocycles. The van der Waals surface area contributed by atoms with Gasteiger partial charge in [-0.2, -0.15) is 9.99 Å². The van der Waals surface area contributed by atoms with E-state index in [1.807, 2.05) is 13.0 Å². The second kappa shape index (κ2) is 16.0. The van der Waals surface area contributed by atoms with Gasteiger partial charge >= 0.3 is 12.1 Å². The van der Waals surface area contributed by atoms with E-state index in [1.165, 1.54) is 51.4 Å². The molecule has 0 aliphatic heterocycles. The van der Waals surface area contributed by atoms with E-state index in [0.29, 0.717) is 38.3 Å². The van der Waals surface area contributed by atoms with Crippen LogP contribution in [-0.2, 0) is 6.42 Å². The third kappa shape index (κ3) is 9.00. The number of nitrogens with two attached hydrogens (primary N) is 4. The highest BCUT2D eigenvalue weighted by atomic mass is 35.5. The van der Waals surface area contributed by atoms with E-state index in [2.05, 4.69) is 22.2 Å². The molecular weight excluding hydrogens is 506 g/mol. The molecule has 0 spiro atoms. The summed E-state index contributed by atoms with van der Waals surface area (Å²) in [6, 6.07) is 3.45. The maximum atomic E-state index is 11.9. The molecule has 0 atom stereocenters. The van der Waals surface area contributed by atoms with E-state index in [1.54, 1.807) is 12.1 Å². The third-order valence-corrected chi connectivity index (χ3v) is 6.64. The largest absolute Gasteiger partial charge is 0.384 e. The third-order valence-electron chi connectivity index (χ3n) is 6.31. The SMILES string of the molecule is CCCCCCCCCCCCNc1cc(-c2c(CC)nc(N(N)C(N)=O)nc2N(N)C(N)=O)ccc1Cl. The molecule has 1 aromatic carbocycles. The molecule has 4 amide bonds. The summed E-state index contributed by atoms with van der Waals surface area (Å²) < 4.78 is 0. The Kier molecular flexibility index (Phi) is 13.0. The van der Waals surface area contributed by atoms with Crippen LogP contribution in [0.15, 0.2) is 18.2 Å². The van der Waals surface area contributed by atoms with Gasteiger partial charge in [-0.3, -0.25) is 0 Å². The molecule has 0 bridgehead atoms. The second-order valence-corrected chi connectivity index (χ2v) is 9.65. The summed E-state index contributed by atoms with van der Waals surface area (Å²) in [6.07, 6.45) is 13.0. The van der Waals surface area contributed by atoms with E-state index < -0.39 is 12.1 Å². The summed E-state index contributed by atoms with van der Waals surface area (Å²) in [5.74, 6) is 11.4. The molecular formula is C26H42ClN9O2. The maximum Gasteiger partial charge on any atom is 0.336 e. The average Bonchev–Trinajstić information content (AvgIpc) is 2.90. The molecule has 2 rings (SSSR count). The Morgan fingerprint density at radius 1 is 0.868 bits per heavy atom. The summed E-state index contributed by atoms with van der Waals surface area (Å²) in [4.78, 5) is 32.1. The Bertz CT molecular complexity index is 1070. The van der Waals surface area contributed by atoms with E-state index >= 15 is 0 Å². The van der Waals surface area contributed by atoms with Gasteiger partial charge in [-0.25, -0.2) is 31.3 Å². The number of amides is 4. The zero-order valence-electron chi connectivity index (χ0n) is 22.5. The number of rotatable bonds is 16. The smallest absolute Gasteiger partial charge is 0.336 e. The number of carbonyl (C=O) groups is 2. The van der Waals surface area contributed by atoms with Crippen LogP contribution in [0, 0.1) is 0 Å². The van der Waals surface area contributed by atoms with Crippen LogP contribution in [-0.4, -0.2) is 28.6 Å². The number of nitrogens with zero attached hydrogens (tertiary/aromatic N) is 4. The molecule has 12 heteroatoms.